The van der Waals surface area contributed by atoms with Crippen molar-refractivity contribution in [2.24, 2.45) is 0 Å². The molecule has 4 N–H and O–H groups in total. The number of para-hydroxylation sites is 2. The molecule has 0 spiro atoms. The number of anilines is 3. The van der Waals surface area contributed by atoms with E-state index in [1.165, 1.54) is 76.4 Å². The number of aromatic nitrogens is 6. The molecule has 0 aliphatic rings. The Morgan fingerprint density at radius 1 is 0.762 bits per heavy atom. The first-order chi connectivity index (χ1) is 28.9. The fraction of sp³-hybridized carbons (Fsp3) is 0.167. The van der Waals surface area contributed by atoms with Gasteiger partial charge in [0.15, 0.2) is 16.4 Å². The lowest BCUT2D eigenvalue weighted by atomic mass is 10.2. The highest BCUT2D eigenvalue weighted by atomic mass is 35.5. The maximum atomic E-state index is 13.0. The molecule has 8 aromatic rings. The van der Waals surface area contributed by atoms with Gasteiger partial charge in [-0.2, -0.15) is 4.98 Å². The Bertz CT molecular complexity index is 3020. The maximum absolute atomic E-state index is 13.0. The van der Waals surface area contributed by atoms with E-state index in [2.05, 4.69) is 25.3 Å². The molecule has 0 bridgehead atoms. The zero-order valence-corrected chi connectivity index (χ0v) is 36.4. The molecule has 332 valence electrons. The number of carboxylic acid groups (broad SMARTS) is 1. The zero-order valence-electron chi connectivity index (χ0n) is 32.4. The number of hydrogen-bond acceptors (Lipinski definition) is 13. The molecule has 0 fully saturated rings. The van der Waals surface area contributed by atoms with Gasteiger partial charge < -0.3 is 16.2 Å². The Balaban J connectivity index is 0.000000261. The van der Waals surface area contributed by atoms with Crippen LogP contribution in [0.4, 0.5) is 25.3 Å². The van der Waals surface area contributed by atoms with Crippen LogP contribution in [-0.4, -0.2) is 54.3 Å². The van der Waals surface area contributed by atoms with Crippen LogP contribution in [0.1, 0.15) is 39.8 Å². The Morgan fingerprint density at radius 2 is 1.19 bits per heavy atom. The van der Waals surface area contributed by atoms with Crippen molar-refractivity contribution in [1.29, 1.82) is 0 Å². The van der Waals surface area contributed by atoms with Crippen molar-refractivity contribution in [3.8, 4) is 11.4 Å². The molecule has 4 aromatic carbocycles. The molecule has 0 amide bonds. The minimum atomic E-state index is -3.48. The van der Waals surface area contributed by atoms with Gasteiger partial charge in [-0.3, -0.25) is 23.5 Å². The van der Waals surface area contributed by atoms with E-state index in [4.69, 9.17) is 38.8 Å². The molecule has 21 heteroatoms. The minimum absolute atomic E-state index is 0. The van der Waals surface area contributed by atoms with Crippen molar-refractivity contribution in [1.82, 2.24) is 29.1 Å². The number of nitrogen functional groups attached to an aromatic ring is 1. The molecule has 63 heavy (non-hydrogen) atoms. The second-order valence-corrected chi connectivity index (χ2v) is 17.8. The highest BCUT2D eigenvalue weighted by Gasteiger charge is 2.21. The summed E-state index contributed by atoms with van der Waals surface area (Å²) in [5.41, 5.74) is 9.20. The molecule has 0 atom stereocenters. The summed E-state index contributed by atoms with van der Waals surface area (Å²) in [5.74, 6) is -1.48. The Hall–Kier alpha value is -6.12. The summed E-state index contributed by atoms with van der Waals surface area (Å²) in [6.45, 7) is 6.32. The third-order valence-corrected chi connectivity index (χ3v) is 12.9. The molecule has 14 nitrogen and oxygen atoms in total. The minimum Gasteiger partial charge on any atom is -0.481 e. The van der Waals surface area contributed by atoms with E-state index in [0.29, 0.717) is 48.3 Å². The van der Waals surface area contributed by atoms with Gasteiger partial charge in [0.25, 0.3) is 17.1 Å². The first-order valence-corrected chi connectivity index (χ1v) is 21.7. The number of nitrogens with zero attached hydrogens (tertiary/aromatic N) is 6. The average molecular weight is 960 g/mol. The fourth-order valence-corrected chi connectivity index (χ4v) is 8.97. The average Bonchev–Trinajstić information content (AvgIpc) is 3.85. The maximum Gasteiger partial charge on any atom is 0.300 e. The molecule has 0 aliphatic heterocycles. The van der Waals surface area contributed by atoms with Crippen LogP contribution in [0.3, 0.4) is 0 Å². The predicted octanol–water partition coefficient (Wildman–Crippen LogP) is 10.1. The number of aryl methyl sites for hydroxylation is 2. The standard InChI is InChI=1S/C18H12ClFN4OS.C14H12ClN3O3S2.C6H6FN.C2H4O2.2CH4/c1-10-3-2-4-13(19)14(10)24-9-21-16-15(17(24)25)26-18(23-16)22-12-7-5-11(20)6-8-12;1-3-23(20,21)14-17-12-11(22-14)13(19)18(7-16-12)10-8(2)5-4-6-9(10)15;7-5-1-3-6(8)4-2-5;1-2(3)4;;/h2-9H,1H3,(H,22,23);4-7H,3H2,1-2H3;1-4H,8H2;1H3,(H,3,4);2*1H4. The number of thiazole rings is 2. The lowest BCUT2D eigenvalue weighted by molar-refractivity contribution is -0.134. The lowest BCUT2D eigenvalue weighted by Gasteiger charge is -2.10. The predicted molar refractivity (Wildman–Crippen MR) is 251 cm³/mol. The van der Waals surface area contributed by atoms with Gasteiger partial charge in [-0.1, -0.05) is 91.9 Å². The number of aliphatic carboxylic acids is 1. The normalized spacial score (nSPS) is 10.5. The molecular formula is C42H42Cl2F2N8O6S3. The SMILES string of the molecule is C.C.CC(=O)O.CCS(=O)(=O)c1nc2ncn(-c3c(C)cccc3Cl)c(=O)c2s1.Cc1cccc(Cl)c1-n1cnc2nc(Nc3ccc(F)cc3)sc2c1=O.Nc1ccc(F)cc1. The Kier molecular flexibility index (Phi) is 18.1. The molecule has 8 rings (SSSR count). The topological polar surface area (TPSA) is 205 Å². The van der Waals surface area contributed by atoms with Crippen LogP contribution >= 0.6 is 45.9 Å². The van der Waals surface area contributed by atoms with Crippen LogP contribution in [-0.2, 0) is 14.6 Å². The molecule has 4 heterocycles. The number of sulfone groups is 1. The highest BCUT2D eigenvalue weighted by Crippen LogP contribution is 2.28. The monoisotopic (exact) mass is 958 g/mol. The molecule has 4 aromatic heterocycles. The molecule has 0 saturated heterocycles. The fourth-order valence-electron chi connectivity index (χ4n) is 5.21. The number of carboxylic acids is 1. The van der Waals surface area contributed by atoms with Crippen molar-refractivity contribution in [3.63, 3.8) is 0 Å². The Labute approximate surface area is 379 Å². The zero-order chi connectivity index (χ0) is 44.6. The van der Waals surface area contributed by atoms with Crippen molar-refractivity contribution in [3.05, 3.63) is 151 Å². The van der Waals surface area contributed by atoms with E-state index < -0.39 is 15.8 Å². The second kappa shape index (κ2) is 22.3. The third-order valence-electron chi connectivity index (χ3n) is 8.09. The van der Waals surface area contributed by atoms with Gasteiger partial charge in [0, 0.05) is 18.3 Å². The largest absolute Gasteiger partial charge is 0.481 e. The van der Waals surface area contributed by atoms with Gasteiger partial charge >= 0.3 is 0 Å². The summed E-state index contributed by atoms with van der Waals surface area (Å²) < 4.78 is 52.2. The highest BCUT2D eigenvalue weighted by molar-refractivity contribution is 7.93. The van der Waals surface area contributed by atoms with Gasteiger partial charge in [-0.05, 0) is 85.6 Å². The van der Waals surface area contributed by atoms with Crippen LogP contribution in [0.2, 0.25) is 10.0 Å². The third kappa shape index (κ3) is 12.7. The molecular weight excluding hydrogens is 918 g/mol. The number of fused-ring (bicyclic) bond motifs is 2. The molecule has 0 aliphatic carbocycles. The van der Waals surface area contributed by atoms with Crippen molar-refractivity contribution < 1.29 is 27.1 Å². The number of benzene rings is 4. The Morgan fingerprint density at radius 3 is 1.62 bits per heavy atom. The van der Waals surface area contributed by atoms with Gasteiger partial charge in [0.05, 0.1) is 27.2 Å². The van der Waals surface area contributed by atoms with Crippen LogP contribution < -0.4 is 22.2 Å². The molecule has 0 saturated carbocycles. The summed E-state index contributed by atoms with van der Waals surface area (Å²) in [6, 6.07) is 22.3. The van der Waals surface area contributed by atoms with E-state index in [1.54, 1.807) is 30.3 Å². The molecule has 0 radical (unpaired) electrons. The lowest BCUT2D eigenvalue weighted by Crippen LogP contribution is -2.19. The van der Waals surface area contributed by atoms with Gasteiger partial charge in [-0.15, -0.1) is 0 Å². The van der Waals surface area contributed by atoms with Crippen LogP contribution in [0.5, 0.6) is 0 Å². The van der Waals surface area contributed by atoms with Crippen LogP contribution in [0.15, 0.2) is 112 Å². The second-order valence-electron chi connectivity index (χ2n) is 12.6. The molecule has 0 unspecified atom stereocenters. The van der Waals surface area contributed by atoms with E-state index in [1.807, 2.05) is 32.0 Å². The number of halogens is 4. The van der Waals surface area contributed by atoms with Gasteiger partial charge in [-0.25, -0.2) is 32.2 Å². The van der Waals surface area contributed by atoms with Crippen molar-refractivity contribution >= 4 is 98.9 Å². The quantitative estimate of drug-likeness (QED) is 0.133. The van der Waals surface area contributed by atoms with Gasteiger partial charge in [0.1, 0.15) is 33.7 Å². The number of nitrogens with two attached hydrogens (primary N) is 1. The summed E-state index contributed by atoms with van der Waals surface area (Å²) in [4.78, 5) is 51.3. The smallest absolute Gasteiger partial charge is 0.300 e. The van der Waals surface area contributed by atoms with E-state index >= 15 is 0 Å². The van der Waals surface area contributed by atoms with Gasteiger partial charge in [0.2, 0.25) is 14.2 Å². The number of carbonyl (C=O) groups is 1. The van der Waals surface area contributed by atoms with Crippen LogP contribution in [0.25, 0.3) is 32.1 Å². The summed E-state index contributed by atoms with van der Waals surface area (Å²) in [6.07, 6.45) is 2.75. The summed E-state index contributed by atoms with van der Waals surface area (Å²) >= 11 is 14.5. The van der Waals surface area contributed by atoms with E-state index in [9.17, 15) is 26.8 Å². The van der Waals surface area contributed by atoms with Crippen molar-refractivity contribution in [2.45, 2.75) is 46.9 Å². The summed E-state index contributed by atoms with van der Waals surface area (Å²) in [7, 11) is -3.48. The number of hydrogen-bond donors (Lipinski definition) is 3. The number of rotatable bonds is 6. The van der Waals surface area contributed by atoms with Crippen molar-refractivity contribution in [2.75, 3.05) is 16.8 Å². The number of nitrogens with one attached hydrogen (secondary N) is 1. The summed E-state index contributed by atoms with van der Waals surface area (Å²) in [5, 5.41) is 11.9. The van der Waals surface area contributed by atoms with E-state index in [-0.39, 0.29) is 58.0 Å². The first-order valence-electron chi connectivity index (χ1n) is 17.6. The first kappa shape index (κ1) is 51.2. The van der Waals surface area contributed by atoms with E-state index in [0.717, 1.165) is 29.4 Å². The van der Waals surface area contributed by atoms with Crippen LogP contribution in [0, 0.1) is 25.5 Å².